The Morgan fingerprint density at radius 3 is 2.30 bits per heavy atom. The number of rotatable bonds is 6. The van der Waals surface area contributed by atoms with Crippen molar-refractivity contribution in [2.75, 3.05) is 7.11 Å². The zero-order valence-corrected chi connectivity index (χ0v) is 16.0. The Labute approximate surface area is 171 Å². The van der Waals surface area contributed by atoms with E-state index < -0.39 is 10.5 Å². The molecule has 150 valence electrons. The number of hydrogen-bond donors (Lipinski definition) is 0. The molecule has 30 heavy (non-hydrogen) atoms. The highest BCUT2D eigenvalue weighted by Gasteiger charge is 2.10. The average Bonchev–Trinajstić information content (AvgIpc) is 2.77. The van der Waals surface area contributed by atoms with Crippen molar-refractivity contribution in [2.24, 2.45) is 0 Å². The van der Waals surface area contributed by atoms with Crippen LogP contribution >= 0.6 is 0 Å². The molecule has 3 aromatic carbocycles. The molecular weight excluding hydrogens is 386 g/mol. The van der Waals surface area contributed by atoms with Crippen LogP contribution in [-0.4, -0.2) is 12.0 Å². The van der Waals surface area contributed by atoms with Gasteiger partial charge in [-0.3, -0.25) is 10.1 Å². The molecule has 0 spiro atoms. The lowest BCUT2D eigenvalue weighted by Gasteiger charge is -2.08. The number of methoxy groups -OCH3 is 1. The number of non-ortho nitro benzene ring substituents is 1. The highest BCUT2D eigenvalue weighted by molar-refractivity contribution is 5.82. The second kappa shape index (κ2) is 8.08. The zero-order valence-electron chi connectivity index (χ0n) is 16.0. The third kappa shape index (κ3) is 4.00. The molecule has 0 aliphatic rings. The summed E-state index contributed by atoms with van der Waals surface area (Å²) in [4.78, 5) is 22.7. The molecule has 0 aliphatic heterocycles. The van der Waals surface area contributed by atoms with Crippen LogP contribution in [0.15, 0.2) is 82.0 Å². The minimum absolute atomic E-state index is 0.0268. The quantitative estimate of drug-likeness (QED) is 0.257. The first-order valence-electron chi connectivity index (χ1n) is 9.12. The predicted octanol–water partition coefficient (Wildman–Crippen LogP) is 4.96. The first-order valence-corrected chi connectivity index (χ1v) is 9.12. The number of nitro benzene ring substituents is 1. The lowest BCUT2D eigenvalue weighted by atomic mass is 10.1. The maximum atomic E-state index is 12.5. The molecule has 0 bridgehead atoms. The highest BCUT2D eigenvalue weighted by atomic mass is 16.6. The number of benzene rings is 3. The summed E-state index contributed by atoms with van der Waals surface area (Å²) >= 11 is 0. The standard InChI is InChI=1S/C23H17NO6/c1-28-19-9-4-16(5-10-19)21-12-17-6-11-20(13-22(17)30-23(21)25)29-14-15-2-7-18(8-3-15)24(26)27/h2-13H,14H2,1H3. The lowest BCUT2D eigenvalue weighted by Crippen LogP contribution is -2.03. The lowest BCUT2D eigenvalue weighted by molar-refractivity contribution is -0.384. The smallest absolute Gasteiger partial charge is 0.344 e. The third-order valence-corrected chi connectivity index (χ3v) is 4.66. The van der Waals surface area contributed by atoms with Crippen molar-refractivity contribution in [1.29, 1.82) is 0 Å². The van der Waals surface area contributed by atoms with Gasteiger partial charge in [0.1, 0.15) is 23.7 Å². The van der Waals surface area contributed by atoms with Crippen LogP contribution in [0.1, 0.15) is 5.56 Å². The molecule has 0 radical (unpaired) electrons. The summed E-state index contributed by atoms with van der Waals surface area (Å²) < 4.78 is 16.4. The number of hydrogen-bond acceptors (Lipinski definition) is 6. The molecule has 7 nitrogen and oxygen atoms in total. The van der Waals surface area contributed by atoms with E-state index >= 15 is 0 Å². The van der Waals surface area contributed by atoms with Gasteiger partial charge in [0.2, 0.25) is 0 Å². The van der Waals surface area contributed by atoms with Crippen LogP contribution in [0.3, 0.4) is 0 Å². The molecule has 0 amide bonds. The summed E-state index contributed by atoms with van der Waals surface area (Å²) in [5.74, 6) is 1.24. The van der Waals surface area contributed by atoms with Crippen LogP contribution in [0.4, 0.5) is 5.69 Å². The summed E-state index contributed by atoms with van der Waals surface area (Å²) in [5, 5.41) is 11.5. The maximum absolute atomic E-state index is 12.5. The van der Waals surface area contributed by atoms with Gasteiger partial charge in [-0.25, -0.2) is 4.79 Å². The fourth-order valence-electron chi connectivity index (χ4n) is 3.03. The monoisotopic (exact) mass is 403 g/mol. The molecule has 4 aromatic rings. The van der Waals surface area contributed by atoms with Gasteiger partial charge in [0, 0.05) is 23.6 Å². The molecule has 1 aromatic heterocycles. The van der Waals surface area contributed by atoms with E-state index in [1.807, 2.05) is 6.07 Å². The van der Waals surface area contributed by atoms with Gasteiger partial charge in [0.05, 0.1) is 17.6 Å². The molecule has 0 N–H and O–H groups in total. The number of fused-ring (bicyclic) bond motifs is 1. The van der Waals surface area contributed by atoms with Gasteiger partial charge in [-0.15, -0.1) is 0 Å². The van der Waals surface area contributed by atoms with Gasteiger partial charge in [-0.2, -0.15) is 0 Å². The van der Waals surface area contributed by atoms with E-state index in [9.17, 15) is 14.9 Å². The van der Waals surface area contributed by atoms with Crippen LogP contribution in [-0.2, 0) is 6.61 Å². The topological polar surface area (TPSA) is 91.8 Å². The van der Waals surface area contributed by atoms with Crippen LogP contribution < -0.4 is 15.1 Å². The fraction of sp³-hybridized carbons (Fsp3) is 0.0870. The minimum atomic E-state index is -0.448. The molecule has 0 saturated carbocycles. The predicted molar refractivity (Wildman–Crippen MR) is 112 cm³/mol. The number of ether oxygens (including phenoxy) is 2. The molecular formula is C23H17NO6. The van der Waals surface area contributed by atoms with Crippen LogP contribution in [0.25, 0.3) is 22.1 Å². The van der Waals surface area contributed by atoms with Crippen LogP contribution in [0, 0.1) is 10.1 Å². The van der Waals surface area contributed by atoms with E-state index in [2.05, 4.69) is 0 Å². The first kappa shape index (κ1) is 19.2. The van der Waals surface area contributed by atoms with E-state index in [1.165, 1.54) is 12.1 Å². The largest absolute Gasteiger partial charge is 0.497 e. The molecule has 0 atom stereocenters. The summed E-state index contributed by atoms with van der Waals surface area (Å²) in [6, 6.07) is 20.4. The van der Waals surface area contributed by atoms with Gasteiger partial charge >= 0.3 is 5.63 Å². The molecule has 4 rings (SSSR count). The van der Waals surface area contributed by atoms with E-state index in [-0.39, 0.29) is 12.3 Å². The summed E-state index contributed by atoms with van der Waals surface area (Å²) in [6.07, 6.45) is 0. The Morgan fingerprint density at radius 1 is 0.933 bits per heavy atom. The third-order valence-electron chi connectivity index (χ3n) is 4.66. The van der Waals surface area contributed by atoms with Gasteiger partial charge < -0.3 is 13.9 Å². The van der Waals surface area contributed by atoms with Crippen LogP contribution in [0.5, 0.6) is 11.5 Å². The Hall–Kier alpha value is -4.13. The minimum Gasteiger partial charge on any atom is -0.497 e. The van der Waals surface area contributed by atoms with Crippen molar-refractivity contribution in [3.8, 4) is 22.6 Å². The van der Waals surface area contributed by atoms with Crippen molar-refractivity contribution in [3.05, 3.63) is 98.9 Å². The normalized spacial score (nSPS) is 10.7. The second-order valence-corrected chi connectivity index (χ2v) is 6.59. The molecule has 1 heterocycles. The molecule has 0 unspecified atom stereocenters. The van der Waals surface area contributed by atoms with Crippen molar-refractivity contribution in [3.63, 3.8) is 0 Å². The van der Waals surface area contributed by atoms with E-state index in [4.69, 9.17) is 13.9 Å². The van der Waals surface area contributed by atoms with E-state index in [0.717, 1.165) is 16.5 Å². The van der Waals surface area contributed by atoms with E-state index in [0.29, 0.717) is 22.6 Å². The molecule has 0 aliphatic carbocycles. The number of nitro groups is 1. The molecule has 7 heteroatoms. The van der Waals surface area contributed by atoms with Gasteiger partial charge in [0.25, 0.3) is 5.69 Å². The number of nitrogens with zero attached hydrogens (tertiary/aromatic N) is 1. The molecule has 0 fully saturated rings. The zero-order chi connectivity index (χ0) is 21.1. The van der Waals surface area contributed by atoms with Gasteiger partial charge in [-0.05, 0) is 53.6 Å². The average molecular weight is 403 g/mol. The summed E-state index contributed by atoms with van der Waals surface area (Å²) in [7, 11) is 1.58. The maximum Gasteiger partial charge on any atom is 0.344 e. The van der Waals surface area contributed by atoms with Crippen molar-refractivity contribution < 1.29 is 18.8 Å². The Kier molecular flexibility index (Phi) is 5.17. The Bertz CT molecular complexity index is 1260. The summed E-state index contributed by atoms with van der Waals surface area (Å²) in [6.45, 7) is 0.234. The Morgan fingerprint density at radius 2 is 1.63 bits per heavy atom. The van der Waals surface area contributed by atoms with Gasteiger partial charge in [0.15, 0.2) is 0 Å². The Balaban J connectivity index is 1.55. The summed E-state index contributed by atoms with van der Waals surface area (Å²) in [5.41, 5.74) is 1.99. The van der Waals surface area contributed by atoms with Crippen molar-refractivity contribution in [1.82, 2.24) is 0 Å². The SMILES string of the molecule is COc1ccc(-c2cc3ccc(OCc4ccc([N+](=O)[O-])cc4)cc3oc2=O)cc1. The second-order valence-electron chi connectivity index (χ2n) is 6.59. The fourth-order valence-corrected chi connectivity index (χ4v) is 3.03. The van der Waals surface area contributed by atoms with Crippen molar-refractivity contribution in [2.45, 2.75) is 6.61 Å². The first-order chi connectivity index (χ1) is 14.5. The van der Waals surface area contributed by atoms with Crippen molar-refractivity contribution >= 4 is 16.7 Å². The van der Waals surface area contributed by atoms with Crippen LogP contribution in [0.2, 0.25) is 0 Å². The van der Waals surface area contributed by atoms with Gasteiger partial charge in [-0.1, -0.05) is 12.1 Å². The highest BCUT2D eigenvalue weighted by Crippen LogP contribution is 2.26. The van der Waals surface area contributed by atoms with E-state index in [1.54, 1.807) is 61.7 Å². The molecule has 0 saturated heterocycles.